The molecule has 3 nitrogen and oxygen atoms in total. The molecule has 124 valence electrons. The summed E-state index contributed by atoms with van der Waals surface area (Å²) in [5.74, 6) is 0. The topological polar surface area (TPSA) is 27.1 Å². The highest BCUT2D eigenvalue weighted by molar-refractivity contribution is 5.32. The molecule has 0 aliphatic rings. The van der Waals surface area contributed by atoms with Crippen molar-refractivity contribution >= 4 is 0 Å². The Morgan fingerprint density at radius 1 is 1.00 bits per heavy atom. The van der Waals surface area contributed by atoms with Gasteiger partial charge in [-0.05, 0) is 37.5 Å². The van der Waals surface area contributed by atoms with Crippen molar-refractivity contribution in [2.24, 2.45) is 0 Å². The normalized spacial score (nSPS) is 12.3. The van der Waals surface area contributed by atoms with Crippen LogP contribution in [0.2, 0.25) is 0 Å². The van der Waals surface area contributed by atoms with Gasteiger partial charge >= 0.3 is 0 Å². The lowest BCUT2D eigenvalue weighted by atomic mass is 10.0. The molecule has 0 saturated heterocycles. The second kappa shape index (κ2) is 7.45. The zero-order valence-corrected chi connectivity index (χ0v) is 14.6. The van der Waals surface area contributed by atoms with Gasteiger partial charge in [0, 0.05) is 12.4 Å². The van der Waals surface area contributed by atoms with Crippen molar-refractivity contribution in [1.29, 1.82) is 0 Å². The van der Waals surface area contributed by atoms with Crippen molar-refractivity contribution in [2.45, 2.75) is 40.0 Å². The van der Waals surface area contributed by atoms with Crippen molar-refractivity contribution < 1.29 is 4.74 Å². The molecule has 0 spiro atoms. The molecule has 2 aromatic carbocycles. The number of imidazole rings is 1. The molecule has 0 aliphatic carbocycles. The van der Waals surface area contributed by atoms with Gasteiger partial charge in [0.25, 0.3) is 0 Å². The van der Waals surface area contributed by atoms with Crippen LogP contribution in [0.15, 0.2) is 61.2 Å². The van der Waals surface area contributed by atoms with Gasteiger partial charge in [-0.1, -0.05) is 53.6 Å². The maximum absolute atomic E-state index is 6.30. The smallest absolute Gasteiger partial charge is 0.101 e. The average Bonchev–Trinajstić information content (AvgIpc) is 3.06. The third-order valence-electron chi connectivity index (χ3n) is 4.28. The van der Waals surface area contributed by atoms with E-state index in [-0.39, 0.29) is 6.10 Å². The molecule has 0 amide bonds. The fourth-order valence-electron chi connectivity index (χ4n) is 2.90. The summed E-state index contributed by atoms with van der Waals surface area (Å²) in [6.45, 7) is 7.73. The van der Waals surface area contributed by atoms with E-state index in [2.05, 4.69) is 72.8 Å². The minimum absolute atomic E-state index is 0.00102. The highest BCUT2D eigenvalue weighted by atomic mass is 16.5. The van der Waals surface area contributed by atoms with E-state index >= 15 is 0 Å². The van der Waals surface area contributed by atoms with Gasteiger partial charge in [-0.25, -0.2) is 4.98 Å². The van der Waals surface area contributed by atoms with E-state index in [1.807, 2.05) is 12.5 Å². The zero-order chi connectivity index (χ0) is 16.9. The molecule has 1 heterocycles. The van der Waals surface area contributed by atoms with Crippen molar-refractivity contribution in [2.75, 3.05) is 0 Å². The molecule has 3 heteroatoms. The number of rotatable bonds is 6. The Bertz CT molecular complexity index is 776. The van der Waals surface area contributed by atoms with E-state index in [0.29, 0.717) is 6.61 Å². The highest BCUT2D eigenvalue weighted by Crippen LogP contribution is 2.25. The average molecular weight is 320 g/mol. The maximum atomic E-state index is 6.30. The third kappa shape index (κ3) is 4.12. The van der Waals surface area contributed by atoms with E-state index in [1.54, 1.807) is 6.20 Å². The highest BCUT2D eigenvalue weighted by Gasteiger charge is 2.15. The second-order valence-corrected chi connectivity index (χ2v) is 6.40. The molecule has 0 radical (unpaired) electrons. The standard InChI is InChI=1S/C21H24N2O/c1-16-4-7-19(8-5-16)14-24-21(13-23-11-10-22-15-23)20-9-6-17(2)12-18(20)3/h4-12,15,21H,13-14H2,1-3H3. The van der Waals surface area contributed by atoms with Crippen LogP contribution in [-0.2, 0) is 17.9 Å². The van der Waals surface area contributed by atoms with Crippen LogP contribution >= 0.6 is 0 Å². The van der Waals surface area contributed by atoms with Crippen LogP contribution in [0.3, 0.4) is 0 Å². The van der Waals surface area contributed by atoms with Crippen LogP contribution in [0.1, 0.15) is 33.9 Å². The van der Waals surface area contributed by atoms with Crippen LogP contribution < -0.4 is 0 Å². The first-order valence-electron chi connectivity index (χ1n) is 8.32. The largest absolute Gasteiger partial charge is 0.367 e. The van der Waals surface area contributed by atoms with Crippen LogP contribution in [0.4, 0.5) is 0 Å². The molecule has 3 rings (SSSR count). The SMILES string of the molecule is Cc1ccc(COC(Cn2ccnc2)c2ccc(C)cc2C)cc1. The third-order valence-corrected chi connectivity index (χ3v) is 4.28. The molecular weight excluding hydrogens is 296 g/mol. The Balaban J connectivity index is 1.80. The summed E-state index contributed by atoms with van der Waals surface area (Å²) in [5, 5.41) is 0. The number of aromatic nitrogens is 2. The van der Waals surface area contributed by atoms with E-state index < -0.39 is 0 Å². The lowest BCUT2D eigenvalue weighted by molar-refractivity contribution is 0.0275. The van der Waals surface area contributed by atoms with Crippen LogP contribution in [-0.4, -0.2) is 9.55 Å². The zero-order valence-electron chi connectivity index (χ0n) is 14.6. The number of nitrogens with zero attached hydrogens (tertiary/aromatic N) is 2. The predicted molar refractivity (Wildman–Crippen MR) is 96.9 cm³/mol. The fourth-order valence-corrected chi connectivity index (χ4v) is 2.90. The quantitative estimate of drug-likeness (QED) is 0.654. The molecule has 0 aliphatic heterocycles. The Morgan fingerprint density at radius 2 is 1.75 bits per heavy atom. The summed E-state index contributed by atoms with van der Waals surface area (Å²) >= 11 is 0. The minimum Gasteiger partial charge on any atom is -0.367 e. The summed E-state index contributed by atoms with van der Waals surface area (Å²) in [4.78, 5) is 4.14. The van der Waals surface area contributed by atoms with Gasteiger partial charge in [0.1, 0.15) is 6.10 Å². The number of hydrogen-bond acceptors (Lipinski definition) is 2. The molecule has 3 aromatic rings. The Labute approximate surface area is 143 Å². The van der Waals surface area contributed by atoms with Gasteiger partial charge in [-0.15, -0.1) is 0 Å². The molecule has 1 aromatic heterocycles. The van der Waals surface area contributed by atoms with E-state index in [0.717, 1.165) is 6.54 Å². The lowest BCUT2D eigenvalue weighted by Gasteiger charge is -2.21. The molecule has 0 N–H and O–H groups in total. The second-order valence-electron chi connectivity index (χ2n) is 6.40. The van der Waals surface area contributed by atoms with Gasteiger partial charge in [0.2, 0.25) is 0 Å². The van der Waals surface area contributed by atoms with Crippen molar-refractivity contribution in [1.82, 2.24) is 9.55 Å². The number of hydrogen-bond donors (Lipinski definition) is 0. The summed E-state index contributed by atoms with van der Waals surface area (Å²) in [5.41, 5.74) is 6.24. The van der Waals surface area contributed by atoms with Crippen LogP contribution in [0, 0.1) is 20.8 Å². The number of benzene rings is 2. The maximum Gasteiger partial charge on any atom is 0.101 e. The van der Waals surface area contributed by atoms with Gasteiger partial charge in [-0.2, -0.15) is 0 Å². The van der Waals surface area contributed by atoms with Crippen molar-refractivity contribution in [3.05, 3.63) is 89.0 Å². The van der Waals surface area contributed by atoms with Gasteiger partial charge in [-0.3, -0.25) is 0 Å². The number of ether oxygens (including phenoxy) is 1. The van der Waals surface area contributed by atoms with E-state index in [1.165, 1.54) is 27.8 Å². The van der Waals surface area contributed by atoms with Gasteiger partial charge < -0.3 is 9.30 Å². The van der Waals surface area contributed by atoms with Crippen LogP contribution in [0.5, 0.6) is 0 Å². The monoisotopic (exact) mass is 320 g/mol. The van der Waals surface area contributed by atoms with Gasteiger partial charge in [0.05, 0.1) is 19.5 Å². The first-order valence-corrected chi connectivity index (χ1v) is 8.32. The molecule has 1 atom stereocenters. The predicted octanol–water partition coefficient (Wildman–Crippen LogP) is 4.77. The Morgan fingerprint density at radius 3 is 2.42 bits per heavy atom. The summed E-state index contributed by atoms with van der Waals surface area (Å²) in [6, 6.07) is 15.1. The number of aryl methyl sites for hydroxylation is 3. The lowest BCUT2D eigenvalue weighted by Crippen LogP contribution is -2.13. The van der Waals surface area contributed by atoms with Crippen LogP contribution in [0.25, 0.3) is 0 Å². The molecule has 1 unspecified atom stereocenters. The van der Waals surface area contributed by atoms with Gasteiger partial charge in [0.15, 0.2) is 0 Å². The Hall–Kier alpha value is -2.39. The molecule has 0 fully saturated rings. The molecule has 24 heavy (non-hydrogen) atoms. The Kier molecular flexibility index (Phi) is 5.11. The summed E-state index contributed by atoms with van der Waals surface area (Å²) < 4.78 is 8.37. The summed E-state index contributed by atoms with van der Waals surface area (Å²) in [7, 11) is 0. The first-order chi connectivity index (χ1) is 11.6. The summed E-state index contributed by atoms with van der Waals surface area (Å²) in [6.07, 6.45) is 5.62. The van der Waals surface area contributed by atoms with E-state index in [9.17, 15) is 0 Å². The molecular formula is C21H24N2O. The van der Waals surface area contributed by atoms with Crippen molar-refractivity contribution in [3.8, 4) is 0 Å². The fraction of sp³-hybridized carbons (Fsp3) is 0.286. The molecule has 0 saturated carbocycles. The first kappa shape index (κ1) is 16.5. The minimum atomic E-state index is 0.00102. The molecule has 0 bridgehead atoms. The van der Waals surface area contributed by atoms with Crippen molar-refractivity contribution in [3.63, 3.8) is 0 Å². The van der Waals surface area contributed by atoms with E-state index in [4.69, 9.17) is 4.74 Å².